The molecule has 0 saturated heterocycles. The summed E-state index contributed by atoms with van der Waals surface area (Å²) in [7, 11) is 0. The molecule has 2 heterocycles. The van der Waals surface area contributed by atoms with Crippen molar-refractivity contribution < 1.29 is 9.85 Å². The lowest BCUT2D eigenvalue weighted by molar-refractivity contribution is -0.515. The van der Waals surface area contributed by atoms with Crippen LogP contribution in [0.25, 0.3) is 0 Å². The van der Waals surface area contributed by atoms with Crippen LogP contribution in [0.1, 0.15) is 17.5 Å². The fraction of sp³-hybridized carbons (Fsp3) is 0.333. The molecule has 10 nitrogen and oxygen atoms in total. The number of halogens is 4. The molecule has 184 valence electrons. The lowest BCUT2D eigenvalue weighted by Crippen LogP contribution is -2.49. The van der Waals surface area contributed by atoms with Gasteiger partial charge in [0.1, 0.15) is 0 Å². The van der Waals surface area contributed by atoms with E-state index in [1.807, 2.05) is 12.1 Å². The second kappa shape index (κ2) is 10.2. The van der Waals surface area contributed by atoms with E-state index in [0.717, 1.165) is 0 Å². The fourth-order valence-electron chi connectivity index (χ4n) is 3.90. The van der Waals surface area contributed by atoms with Gasteiger partial charge in [-0.25, -0.2) is 0 Å². The molecule has 0 bridgehead atoms. The molecule has 2 aliphatic heterocycles. The predicted octanol–water partition coefficient (Wildman–Crippen LogP) is 4.99. The molecule has 4 rings (SSSR count). The molecule has 0 fully saturated rings. The molecule has 0 spiro atoms. The van der Waals surface area contributed by atoms with Gasteiger partial charge in [0, 0.05) is 65.9 Å². The molecule has 35 heavy (non-hydrogen) atoms. The highest BCUT2D eigenvalue weighted by molar-refractivity contribution is 9.13. The molecule has 4 unspecified atom stereocenters. The van der Waals surface area contributed by atoms with Gasteiger partial charge in [-0.1, -0.05) is 92.5 Å². The molecule has 2 aromatic rings. The summed E-state index contributed by atoms with van der Waals surface area (Å²) in [5.41, 5.74) is 1.86. The standard InChI is InChI=1S/C21H18Br4N6O4/c22-18-20(24,30(32)33)16(14-8-3-1-4-9-14)26-28(18)12-7-13-29-19(23)21(25,31(34)35)17(27-29)15-10-5-2-6-11-15/h1-6,8-11,18-19H,7,12-13H2. The van der Waals surface area contributed by atoms with Crippen LogP contribution in [0.4, 0.5) is 0 Å². The van der Waals surface area contributed by atoms with Gasteiger partial charge in [-0.15, -0.1) is 0 Å². The van der Waals surface area contributed by atoms with Gasteiger partial charge >= 0.3 is 8.90 Å². The Morgan fingerprint density at radius 3 is 1.40 bits per heavy atom. The van der Waals surface area contributed by atoms with Gasteiger partial charge in [0.25, 0.3) is 0 Å². The highest BCUT2D eigenvalue weighted by Crippen LogP contribution is 2.42. The number of benzene rings is 2. The van der Waals surface area contributed by atoms with Gasteiger partial charge in [0.05, 0.1) is 0 Å². The summed E-state index contributed by atoms with van der Waals surface area (Å²) in [6.45, 7) is 0.710. The van der Waals surface area contributed by atoms with Gasteiger partial charge in [-0.3, -0.25) is 30.2 Å². The van der Waals surface area contributed by atoms with Crippen molar-refractivity contribution in [2.24, 2.45) is 10.2 Å². The maximum Gasteiger partial charge on any atom is 0.349 e. The molecule has 4 atom stereocenters. The first-order valence-corrected chi connectivity index (χ1v) is 13.8. The van der Waals surface area contributed by atoms with Gasteiger partial charge < -0.3 is 0 Å². The Balaban J connectivity index is 1.52. The second-order valence-electron chi connectivity index (χ2n) is 7.84. The quantitative estimate of drug-likeness (QED) is 0.163. The van der Waals surface area contributed by atoms with Crippen molar-refractivity contribution in [2.45, 2.75) is 25.2 Å². The summed E-state index contributed by atoms with van der Waals surface area (Å²) in [5, 5.41) is 36.3. The maximum absolute atomic E-state index is 12.0. The molecule has 0 saturated carbocycles. The van der Waals surface area contributed by atoms with E-state index in [4.69, 9.17) is 0 Å². The third-order valence-electron chi connectivity index (χ3n) is 5.68. The van der Waals surface area contributed by atoms with Crippen LogP contribution >= 0.6 is 63.7 Å². The zero-order valence-corrected chi connectivity index (χ0v) is 24.2. The van der Waals surface area contributed by atoms with Crippen molar-refractivity contribution in [1.29, 1.82) is 0 Å². The first-order chi connectivity index (χ1) is 16.6. The first-order valence-electron chi connectivity index (χ1n) is 10.4. The minimum Gasteiger partial charge on any atom is -0.274 e. The molecule has 0 amide bonds. The molecule has 0 aliphatic carbocycles. The molecule has 14 heteroatoms. The monoisotopic (exact) mass is 734 g/mol. The van der Waals surface area contributed by atoms with Crippen LogP contribution in [0.2, 0.25) is 0 Å². The van der Waals surface area contributed by atoms with Crippen molar-refractivity contribution >= 4 is 75.1 Å². The van der Waals surface area contributed by atoms with E-state index >= 15 is 0 Å². The van der Waals surface area contributed by atoms with E-state index in [1.165, 1.54) is 0 Å². The van der Waals surface area contributed by atoms with Crippen LogP contribution < -0.4 is 0 Å². The van der Waals surface area contributed by atoms with Gasteiger partial charge in [0.2, 0.25) is 0 Å². The predicted molar refractivity (Wildman–Crippen MR) is 147 cm³/mol. The van der Waals surface area contributed by atoms with E-state index in [1.54, 1.807) is 58.5 Å². The van der Waals surface area contributed by atoms with Gasteiger partial charge in [-0.05, 0) is 6.42 Å². The van der Waals surface area contributed by atoms with E-state index in [2.05, 4.69) is 73.9 Å². The number of hydrazone groups is 2. The van der Waals surface area contributed by atoms with E-state index in [0.29, 0.717) is 42.1 Å². The van der Waals surface area contributed by atoms with Crippen molar-refractivity contribution in [1.82, 2.24) is 10.0 Å². The lowest BCUT2D eigenvalue weighted by atomic mass is 10.0. The SMILES string of the molecule is O=[N+]([O-])C1(Br)C(c2ccccc2)=NN(CCCN2N=C(c3ccccc3)C(Br)([N+](=O)[O-])C2Br)C1Br. The molecular formula is C21H18Br4N6O4. The summed E-state index contributed by atoms with van der Waals surface area (Å²) in [4.78, 5) is 21.7. The highest BCUT2D eigenvalue weighted by atomic mass is 79.9. The number of nitrogens with zero attached hydrogens (tertiary/aromatic N) is 6. The van der Waals surface area contributed by atoms with Crippen molar-refractivity contribution in [3.63, 3.8) is 0 Å². The number of rotatable bonds is 8. The van der Waals surface area contributed by atoms with Crippen LogP contribution in [0.3, 0.4) is 0 Å². The third-order valence-corrected chi connectivity index (χ3v) is 11.4. The lowest BCUT2D eigenvalue weighted by Gasteiger charge is -2.26. The first kappa shape index (κ1) is 26.2. The van der Waals surface area contributed by atoms with Gasteiger partial charge in [-0.2, -0.15) is 10.2 Å². The summed E-state index contributed by atoms with van der Waals surface area (Å²) >= 11 is 13.5. The van der Waals surface area contributed by atoms with Crippen LogP contribution in [-0.2, 0) is 0 Å². The number of hydrogen-bond donors (Lipinski definition) is 0. The fourth-order valence-corrected chi connectivity index (χ4v) is 6.35. The zero-order chi connectivity index (χ0) is 25.4. The largest absolute Gasteiger partial charge is 0.349 e. The summed E-state index contributed by atoms with van der Waals surface area (Å²) < 4.78 is -3.26. The van der Waals surface area contributed by atoms with Crippen molar-refractivity contribution in [2.75, 3.05) is 13.1 Å². The van der Waals surface area contributed by atoms with Crippen molar-refractivity contribution in [3.05, 3.63) is 92.0 Å². The number of alkyl halides is 4. The Morgan fingerprint density at radius 2 is 1.09 bits per heavy atom. The Bertz CT molecular complexity index is 1100. The smallest absolute Gasteiger partial charge is 0.274 e. The third kappa shape index (κ3) is 4.53. The topological polar surface area (TPSA) is 117 Å². The Kier molecular flexibility index (Phi) is 7.65. The number of nitro groups is 2. The minimum absolute atomic E-state index is 0.293. The maximum atomic E-state index is 12.0. The van der Waals surface area contributed by atoms with E-state index < -0.39 is 28.6 Å². The Labute approximate surface area is 234 Å². The minimum atomic E-state index is -1.63. The van der Waals surface area contributed by atoms with E-state index in [9.17, 15) is 20.2 Å². The zero-order valence-electron chi connectivity index (χ0n) is 17.9. The molecule has 0 N–H and O–H groups in total. The average molecular weight is 738 g/mol. The van der Waals surface area contributed by atoms with Crippen LogP contribution in [-0.4, -0.2) is 63.2 Å². The highest BCUT2D eigenvalue weighted by Gasteiger charge is 2.61. The van der Waals surface area contributed by atoms with Crippen LogP contribution in [0.15, 0.2) is 70.9 Å². The normalized spacial score (nSPS) is 28.1. The molecular weight excluding hydrogens is 720 g/mol. The molecule has 2 aromatic carbocycles. The average Bonchev–Trinajstić information content (AvgIpc) is 3.27. The summed E-state index contributed by atoms with van der Waals surface area (Å²) in [6.07, 6.45) is 0.489. The Hall–Kier alpha value is -1.90. The van der Waals surface area contributed by atoms with Crippen LogP contribution in [0.5, 0.6) is 0 Å². The molecule has 2 aliphatic rings. The molecule has 0 radical (unpaired) electrons. The summed E-state index contributed by atoms with van der Waals surface area (Å²) in [6, 6.07) is 17.9. The van der Waals surface area contributed by atoms with E-state index in [-0.39, 0.29) is 0 Å². The van der Waals surface area contributed by atoms with Crippen LogP contribution in [0, 0.1) is 20.2 Å². The van der Waals surface area contributed by atoms with Crippen molar-refractivity contribution in [3.8, 4) is 0 Å². The van der Waals surface area contributed by atoms with Gasteiger partial charge in [0.15, 0.2) is 21.3 Å². The summed E-state index contributed by atoms with van der Waals surface area (Å²) in [5.74, 6) is 0. The molecule has 0 aromatic heterocycles. The second-order valence-corrected chi connectivity index (χ2v) is 12.0. The number of hydrogen-bond acceptors (Lipinski definition) is 8. The Morgan fingerprint density at radius 1 is 0.743 bits per heavy atom.